The molecule has 0 radical (unpaired) electrons. The van der Waals surface area contributed by atoms with Gasteiger partial charge in [-0.1, -0.05) is 0 Å². The van der Waals surface area contributed by atoms with Crippen molar-refractivity contribution in [1.82, 2.24) is 0 Å². The molecule has 1 aromatic rings. The molecule has 4 nitrogen and oxygen atoms in total. The van der Waals surface area contributed by atoms with Gasteiger partial charge in [-0.2, -0.15) is 0 Å². The molecule has 0 bridgehead atoms. The van der Waals surface area contributed by atoms with E-state index in [-0.39, 0.29) is 5.56 Å². The number of aromatic carboxylic acids is 1. The summed E-state index contributed by atoms with van der Waals surface area (Å²) in [6, 6.07) is 4.41. The fourth-order valence-electron chi connectivity index (χ4n) is 6.48. The molecule has 5 rings (SSSR count). The Balaban J connectivity index is 0.000000165. The van der Waals surface area contributed by atoms with E-state index in [0.29, 0.717) is 24.7 Å². The molecule has 0 unspecified atom stereocenters. The number of rotatable bonds is 4. The zero-order chi connectivity index (χ0) is 22.2. The van der Waals surface area contributed by atoms with Crippen LogP contribution in [0.25, 0.3) is 0 Å². The van der Waals surface area contributed by atoms with Crippen molar-refractivity contribution in [2.75, 3.05) is 13.2 Å². The molecule has 32 heavy (non-hydrogen) atoms. The second-order valence-corrected chi connectivity index (χ2v) is 20.0. The summed E-state index contributed by atoms with van der Waals surface area (Å²) < 4.78 is 14.4. The number of carbonyl (C=O) groups excluding carboxylic acids is 1. The van der Waals surface area contributed by atoms with Gasteiger partial charge in [-0.05, 0) is 18.2 Å². The molecule has 0 spiro atoms. The second kappa shape index (κ2) is 12.5. The molecule has 176 valence electrons. The van der Waals surface area contributed by atoms with Crippen molar-refractivity contribution in [1.29, 1.82) is 0 Å². The maximum Gasteiger partial charge on any atom is 0.162 e. The van der Waals surface area contributed by atoms with Gasteiger partial charge in [0.05, 0.1) is 5.97 Å². The van der Waals surface area contributed by atoms with Gasteiger partial charge in [-0.15, -0.1) is 0 Å². The summed E-state index contributed by atoms with van der Waals surface area (Å²) in [6.45, 7) is 0.946. The number of fused-ring (bicyclic) bond motifs is 1. The number of carboxylic acid groups (broad SMARTS) is 1. The average molecular weight is 547 g/mol. The second-order valence-electron chi connectivity index (χ2n) is 10.2. The molecular formula is C27H40O4Sn. The van der Waals surface area contributed by atoms with Crippen molar-refractivity contribution in [3.8, 4) is 11.5 Å². The third-order valence-corrected chi connectivity index (χ3v) is 21.0. The van der Waals surface area contributed by atoms with Crippen LogP contribution >= 0.6 is 0 Å². The maximum atomic E-state index is 10.5. The Morgan fingerprint density at radius 2 is 1.12 bits per heavy atom. The maximum absolute atomic E-state index is 10.5. The molecule has 4 aliphatic rings. The van der Waals surface area contributed by atoms with Gasteiger partial charge >= 0.3 is 128 Å². The van der Waals surface area contributed by atoms with Crippen molar-refractivity contribution in [3.05, 3.63) is 23.8 Å². The minimum absolute atomic E-state index is 0.101. The van der Waals surface area contributed by atoms with Crippen LogP contribution in [0.2, 0.25) is 11.8 Å². The summed E-state index contributed by atoms with van der Waals surface area (Å²) in [5.41, 5.74) is 0.101. The molecule has 1 aromatic carbocycles. The zero-order valence-electron chi connectivity index (χ0n) is 19.6. The summed E-state index contributed by atoms with van der Waals surface area (Å²) >= 11 is -1.15. The summed E-state index contributed by atoms with van der Waals surface area (Å²) in [6.07, 6.45) is 24.2. The first kappa shape index (κ1) is 24.2. The van der Waals surface area contributed by atoms with Gasteiger partial charge < -0.3 is 19.4 Å². The van der Waals surface area contributed by atoms with E-state index < -0.39 is 25.7 Å². The fraction of sp³-hybridized carbons (Fsp3) is 0.741. The van der Waals surface area contributed by atoms with E-state index in [1.54, 1.807) is 102 Å². The third-order valence-electron chi connectivity index (χ3n) is 8.01. The van der Waals surface area contributed by atoms with E-state index in [4.69, 9.17) is 9.47 Å². The number of carboxylic acids is 1. The van der Waals surface area contributed by atoms with E-state index in [9.17, 15) is 9.90 Å². The fourth-order valence-corrected chi connectivity index (χ4v) is 21.4. The van der Waals surface area contributed by atoms with Gasteiger partial charge in [0.15, 0.2) is 11.5 Å². The Morgan fingerprint density at radius 3 is 1.56 bits per heavy atom. The minimum Gasteiger partial charge on any atom is -0.545 e. The Morgan fingerprint density at radius 1 is 0.688 bits per heavy atom. The molecule has 3 aliphatic carbocycles. The summed E-state index contributed by atoms with van der Waals surface area (Å²) in [7, 11) is 0. The Kier molecular flexibility index (Phi) is 9.48. The minimum atomic E-state index is -1.21. The van der Waals surface area contributed by atoms with Crippen molar-refractivity contribution in [3.63, 3.8) is 0 Å². The van der Waals surface area contributed by atoms with E-state index in [1.807, 2.05) is 0 Å². The predicted octanol–water partition coefficient (Wildman–Crippen LogP) is 6.31. The SMILES string of the molecule is C1CC[CH]([Sn+]([CH]2CCCCC2)[CH]2CCCCC2)CC1.O=C([O-])c1ccc2c(c1)OCCO2. The zero-order valence-corrected chi connectivity index (χ0v) is 22.5. The molecule has 3 fully saturated rings. The van der Waals surface area contributed by atoms with Crippen molar-refractivity contribution in [2.45, 2.75) is 108 Å². The Bertz CT molecular complexity index is 676. The third kappa shape index (κ3) is 6.57. The monoisotopic (exact) mass is 548 g/mol. The first-order chi connectivity index (χ1) is 15.7. The molecule has 3 saturated carbocycles. The largest absolute Gasteiger partial charge is 0.545 e. The number of carbonyl (C=O) groups is 1. The number of hydrogen-bond donors (Lipinski definition) is 0. The standard InChI is InChI=1S/C9H8O4.3C6H11.Sn/c10-9(11)6-1-2-7-8(5-6)13-4-3-12-7;3*1-2-4-6-5-3-1;/h1-2,5H,3-4H2,(H,10,11);3*1H,2-6H2;/q;;;;+1/p-1. The van der Waals surface area contributed by atoms with Crippen LogP contribution in [0.3, 0.4) is 0 Å². The molecule has 0 amide bonds. The van der Waals surface area contributed by atoms with Gasteiger partial charge in [0.25, 0.3) is 0 Å². The summed E-state index contributed by atoms with van der Waals surface area (Å²) in [5.74, 6) is -0.166. The number of hydrogen-bond acceptors (Lipinski definition) is 4. The smallest absolute Gasteiger partial charge is 0.162 e. The van der Waals surface area contributed by atoms with Crippen molar-refractivity contribution in [2.24, 2.45) is 0 Å². The van der Waals surface area contributed by atoms with Crippen LogP contribution in [0.4, 0.5) is 0 Å². The van der Waals surface area contributed by atoms with E-state index in [0.717, 1.165) is 0 Å². The Hall–Kier alpha value is -0.911. The van der Waals surface area contributed by atoms with Crippen LogP contribution in [-0.4, -0.2) is 38.9 Å². The average Bonchev–Trinajstić information content (AvgIpc) is 2.86. The van der Waals surface area contributed by atoms with Crippen molar-refractivity contribution < 1.29 is 19.4 Å². The van der Waals surface area contributed by atoms with E-state index >= 15 is 0 Å². The van der Waals surface area contributed by atoms with Gasteiger partial charge in [-0.3, -0.25) is 0 Å². The van der Waals surface area contributed by atoms with Gasteiger partial charge in [0, 0.05) is 5.56 Å². The molecule has 5 heteroatoms. The molecule has 1 aliphatic heterocycles. The summed E-state index contributed by atoms with van der Waals surface area (Å²) in [4.78, 5) is 10.5. The first-order valence-electron chi connectivity index (χ1n) is 13.2. The number of ether oxygens (including phenoxy) is 2. The Labute approximate surface area is 201 Å². The predicted molar refractivity (Wildman–Crippen MR) is 128 cm³/mol. The molecule has 0 atom stereocenters. The molecule has 0 saturated heterocycles. The van der Waals surface area contributed by atoms with Gasteiger partial charge in [-0.25, -0.2) is 0 Å². The van der Waals surface area contributed by atoms with Crippen LogP contribution in [-0.2, 0) is 0 Å². The quantitative estimate of drug-likeness (QED) is 0.415. The molecular weight excluding hydrogens is 507 g/mol. The van der Waals surface area contributed by atoms with Crippen LogP contribution in [0, 0.1) is 0 Å². The summed E-state index contributed by atoms with van der Waals surface area (Å²) in [5, 5.41) is 10.5. The normalized spacial score (nSPS) is 22.5. The van der Waals surface area contributed by atoms with Gasteiger partial charge in [0.2, 0.25) is 0 Å². The van der Waals surface area contributed by atoms with E-state index in [1.165, 1.54) is 23.9 Å². The van der Waals surface area contributed by atoms with Gasteiger partial charge in [0.1, 0.15) is 13.2 Å². The molecule has 0 N–H and O–H groups in total. The molecule has 1 heterocycles. The number of benzene rings is 1. The van der Waals surface area contributed by atoms with Crippen LogP contribution < -0.4 is 14.6 Å². The van der Waals surface area contributed by atoms with E-state index in [2.05, 4.69) is 0 Å². The van der Waals surface area contributed by atoms with Crippen LogP contribution in [0.5, 0.6) is 11.5 Å². The molecule has 0 aromatic heterocycles. The first-order valence-corrected chi connectivity index (χ1v) is 18.1. The van der Waals surface area contributed by atoms with Crippen molar-refractivity contribution >= 4 is 25.7 Å². The van der Waals surface area contributed by atoms with Crippen LogP contribution in [0.15, 0.2) is 18.2 Å². The topological polar surface area (TPSA) is 58.6 Å². The van der Waals surface area contributed by atoms with Crippen LogP contribution in [0.1, 0.15) is 107 Å².